The summed E-state index contributed by atoms with van der Waals surface area (Å²) in [5.74, 6) is -0.985. The number of carbonyl (C=O) groups is 1. The van der Waals surface area contributed by atoms with Gasteiger partial charge in [-0.05, 0) is 61.0 Å². The number of amidine groups is 1. The van der Waals surface area contributed by atoms with Crippen LogP contribution in [-0.2, 0) is 0 Å². The number of hydrogen-bond donors (Lipinski definition) is 5. The molecule has 0 aliphatic carbocycles. The van der Waals surface area contributed by atoms with Gasteiger partial charge in [-0.25, -0.2) is 13.8 Å². The number of anilines is 1. The zero-order valence-corrected chi connectivity index (χ0v) is 18.2. The first-order chi connectivity index (χ1) is 16.3. The van der Waals surface area contributed by atoms with E-state index in [1.54, 1.807) is 37.3 Å². The van der Waals surface area contributed by atoms with Crippen LogP contribution in [0.3, 0.4) is 0 Å². The highest BCUT2D eigenvalue weighted by Crippen LogP contribution is 2.26. The Morgan fingerprint density at radius 1 is 1.06 bits per heavy atom. The number of hydrogen-bond acceptors (Lipinski definition) is 4. The van der Waals surface area contributed by atoms with Crippen LogP contribution in [0.2, 0.25) is 0 Å². The Labute approximate surface area is 193 Å². The van der Waals surface area contributed by atoms with Crippen molar-refractivity contribution in [3.05, 3.63) is 95.3 Å². The number of Topliss-reactive ketones (excluding diaryl/α,β-unsaturated/α-hetero) is 1. The number of carbonyl (C=O) groups excluding carboxylic acids is 1. The van der Waals surface area contributed by atoms with Gasteiger partial charge >= 0.3 is 0 Å². The molecule has 0 radical (unpaired) electrons. The van der Waals surface area contributed by atoms with E-state index in [2.05, 4.69) is 9.98 Å². The number of nitrogens with two attached hydrogens (primary N) is 3. The third-order valence-electron chi connectivity index (χ3n) is 5.22. The number of nitrogen functional groups attached to an aromatic ring is 1. The molecule has 0 unspecified atom stereocenters. The van der Waals surface area contributed by atoms with E-state index in [4.69, 9.17) is 21.9 Å². The number of aryl methyl sites for hydroxylation is 1. The van der Waals surface area contributed by atoms with Gasteiger partial charge in [0.1, 0.15) is 22.8 Å². The Hall–Kier alpha value is -4.66. The molecule has 1 heterocycles. The van der Waals surface area contributed by atoms with Gasteiger partial charge < -0.3 is 21.2 Å². The summed E-state index contributed by atoms with van der Waals surface area (Å²) in [4.78, 5) is 18.9. The van der Waals surface area contributed by atoms with Crippen molar-refractivity contribution in [2.75, 3.05) is 5.73 Å². The van der Waals surface area contributed by atoms with Gasteiger partial charge in [0, 0.05) is 17.1 Å². The van der Waals surface area contributed by atoms with E-state index in [-0.39, 0.29) is 28.5 Å². The van der Waals surface area contributed by atoms with Crippen molar-refractivity contribution in [2.45, 2.75) is 6.92 Å². The number of nitrogens with one attached hydrogen (secondary N) is 2. The first kappa shape index (κ1) is 22.5. The molecule has 0 saturated carbocycles. The summed E-state index contributed by atoms with van der Waals surface area (Å²) in [5.41, 5.74) is 19.4. The zero-order valence-electron chi connectivity index (χ0n) is 18.2. The van der Waals surface area contributed by atoms with Gasteiger partial charge in [0.2, 0.25) is 5.78 Å². The van der Waals surface area contributed by atoms with Crippen LogP contribution in [0.4, 0.5) is 20.2 Å². The van der Waals surface area contributed by atoms with E-state index in [9.17, 15) is 13.6 Å². The molecule has 0 spiro atoms. The monoisotopic (exact) mass is 462 g/mol. The second-order valence-corrected chi connectivity index (χ2v) is 7.60. The molecular formula is C25H22F2N5O2+. The lowest BCUT2D eigenvalue weighted by Gasteiger charge is -2.08. The fourth-order valence-electron chi connectivity index (χ4n) is 3.43. The number of aromatic nitrogens is 1. The zero-order chi connectivity index (χ0) is 24.4. The van der Waals surface area contributed by atoms with Crippen LogP contribution in [0, 0.1) is 18.6 Å². The molecule has 9 heteroatoms. The Bertz CT molecular complexity index is 1430. The van der Waals surface area contributed by atoms with Gasteiger partial charge in [-0.3, -0.25) is 10.5 Å². The van der Waals surface area contributed by atoms with E-state index in [0.717, 1.165) is 11.8 Å². The summed E-state index contributed by atoms with van der Waals surface area (Å²) < 4.78 is 33.2. The number of benzene rings is 3. The summed E-state index contributed by atoms with van der Waals surface area (Å²) in [6, 6.07) is 15.3. The summed E-state index contributed by atoms with van der Waals surface area (Å²) in [6.45, 7) is 1.80. The highest BCUT2D eigenvalue weighted by Gasteiger charge is 2.22. The lowest BCUT2D eigenvalue weighted by molar-refractivity contribution is -0.354. The summed E-state index contributed by atoms with van der Waals surface area (Å²) in [6.07, 6.45) is 1.09. The predicted molar refractivity (Wildman–Crippen MR) is 127 cm³/mol. The van der Waals surface area contributed by atoms with Crippen molar-refractivity contribution in [2.24, 2.45) is 11.5 Å². The first-order valence-corrected chi connectivity index (χ1v) is 10.2. The van der Waals surface area contributed by atoms with Crippen LogP contribution in [0.5, 0.6) is 11.5 Å². The van der Waals surface area contributed by atoms with Crippen molar-refractivity contribution < 1.29 is 23.3 Å². The van der Waals surface area contributed by atoms with Crippen LogP contribution >= 0.6 is 0 Å². The number of H-pyrrole nitrogens is 1. The Balaban J connectivity index is 1.59. The third kappa shape index (κ3) is 4.44. The summed E-state index contributed by atoms with van der Waals surface area (Å²) >= 11 is 0. The molecule has 172 valence electrons. The average molecular weight is 462 g/mol. The second-order valence-electron chi connectivity index (χ2n) is 7.60. The highest BCUT2D eigenvalue weighted by molar-refractivity contribution is 6.25. The van der Waals surface area contributed by atoms with Crippen LogP contribution in [0.1, 0.15) is 16.1 Å². The fraction of sp³-hybridized carbons (Fsp3) is 0.0400. The van der Waals surface area contributed by atoms with Crippen molar-refractivity contribution >= 4 is 33.9 Å². The minimum absolute atomic E-state index is 0.0164. The van der Waals surface area contributed by atoms with Crippen LogP contribution < -0.4 is 26.9 Å². The Kier molecular flexibility index (Phi) is 6.01. The molecular weight excluding hydrogens is 440 g/mol. The van der Waals surface area contributed by atoms with Gasteiger partial charge in [-0.2, -0.15) is 0 Å². The molecule has 8 N–H and O–H groups in total. The predicted octanol–water partition coefficient (Wildman–Crippen LogP) is 2.92. The van der Waals surface area contributed by atoms with E-state index in [0.29, 0.717) is 22.3 Å². The molecule has 0 aliphatic heterocycles. The highest BCUT2D eigenvalue weighted by atomic mass is 19.1. The van der Waals surface area contributed by atoms with E-state index in [1.807, 2.05) is 0 Å². The Morgan fingerprint density at radius 2 is 1.82 bits per heavy atom. The molecule has 34 heavy (non-hydrogen) atoms. The number of halogens is 2. The molecule has 0 bridgehead atoms. The fourth-order valence-corrected chi connectivity index (χ4v) is 3.43. The standard InChI is InChI=1S/C25H21F2N5O2/c1-13-8-15(34-23-5-3-2-4-17(23)26)6-7-20(13)32-25(30)16(12-28)24(33)22-10-14-9-18(27)19(29)11-21(14)31-22/h2-12,31H,28-29H2,1H3,(H2,30,32)/p+1. The third-order valence-corrected chi connectivity index (χ3v) is 5.22. The normalized spacial score (nSPS) is 12.2. The maximum atomic E-state index is 13.8. The van der Waals surface area contributed by atoms with Crippen molar-refractivity contribution in [1.29, 1.82) is 0 Å². The molecule has 0 amide bonds. The van der Waals surface area contributed by atoms with Gasteiger partial charge in [0.25, 0.3) is 5.84 Å². The van der Waals surface area contributed by atoms with Crippen LogP contribution in [0.15, 0.2) is 72.4 Å². The van der Waals surface area contributed by atoms with Gasteiger partial charge in [0.05, 0.1) is 11.4 Å². The molecule has 7 nitrogen and oxygen atoms in total. The van der Waals surface area contributed by atoms with Gasteiger partial charge in [-0.1, -0.05) is 12.1 Å². The topological polar surface area (TPSA) is 134 Å². The molecule has 3 aromatic carbocycles. The number of rotatable bonds is 6. The largest absolute Gasteiger partial charge is 0.454 e. The lowest BCUT2D eigenvalue weighted by atomic mass is 10.1. The molecule has 4 aromatic rings. The van der Waals surface area contributed by atoms with Crippen LogP contribution in [-0.4, -0.2) is 16.6 Å². The van der Waals surface area contributed by atoms with E-state index < -0.39 is 17.4 Å². The second kappa shape index (κ2) is 9.07. The number of fused-ring (bicyclic) bond motifs is 1. The summed E-state index contributed by atoms with van der Waals surface area (Å²) in [5, 5.41) is 0.485. The van der Waals surface area contributed by atoms with Crippen LogP contribution in [0.25, 0.3) is 10.9 Å². The molecule has 0 saturated heterocycles. The number of aromatic amines is 1. The smallest absolute Gasteiger partial charge is 0.283 e. The van der Waals surface area contributed by atoms with Crippen molar-refractivity contribution in [3.63, 3.8) is 0 Å². The molecule has 0 aliphatic rings. The maximum Gasteiger partial charge on any atom is 0.283 e. The Morgan fingerprint density at radius 3 is 2.53 bits per heavy atom. The molecule has 4 rings (SSSR count). The van der Waals surface area contributed by atoms with E-state index in [1.165, 1.54) is 30.3 Å². The average Bonchev–Trinajstić information content (AvgIpc) is 3.20. The SMILES string of the molecule is Cc1cc(Oc2ccccc2F)ccc1[NH+]=C(N)C(=CN)C(=O)c1cc2cc(F)c(N)cc2[nH]1. The summed E-state index contributed by atoms with van der Waals surface area (Å²) in [7, 11) is 0. The van der Waals surface area contributed by atoms with E-state index >= 15 is 0 Å². The van der Waals surface area contributed by atoms with Crippen molar-refractivity contribution in [1.82, 2.24) is 4.98 Å². The lowest BCUT2D eigenvalue weighted by Crippen LogP contribution is -2.70. The number of para-hydroxylation sites is 1. The van der Waals surface area contributed by atoms with Gasteiger partial charge in [-0.15, -0.1) is 0 Å². The maximum absolute atomic E-state index is 13.8. The molecule has 0 atom stereocenters. The molecule has 1 aromatic heterocycles. The van der Waals surface area contributed by atoms with Gasteiger partial charge in [0.15, 0.2) is 11.6 Å². The number of ketones is 1. The van der Waals surface area contributed by atoms with Crippen molar-refractivity contribution in [3.8, 4) is 11.5 Å². The first-order valence-electron chi connectivity index (χ1n) is 10.2. The quantitative estimate of drug-likeness (QED) is 0.0988. The molecule has 0 fully saturated rings. The number of ether oxygens (including phenoxy) is 1. The minimum atomic E-state index is -0.578. The minimum Gasteiger partial charge on any atom is -0.454 e.